The minimum Gasteiger partial charge on any atom is -0.394 e. The van der Waals surface area contributed by atoms with Crippen LogP contribution in [0.2, 0.25) is 0 Å². The molecule has 43 heavy (non-hydrogen) atoms. The minimum atomic E-state index is -0.380. The van der Waals surface area contributed by atoms with E-state index in [9.17, 15) is 9.90 Å². The molecule has 4 aromatic heterocycles. The van der Waals surface area contributed by atoms with Gasteiger partial charge >= 0.3 is 0 Å². The molecule has 0 amide bonds. The van der Waals surface area contributed by atoms with Crippen LogP contribution in [0.4, 0.5) is 17.3 Å². The monoisotopic (exact) mass is 581 g/mol. The molecule has 3 aliphatic rings. The van der Waals surface area contributed by atoms with Gasteiger partial charge in [0.2, 0.25) is 0 Å². The number of aliphatic hydroxyl groups excluding tert-OH is 1. The number of hydrogen-bond donors (Lipinski definition) is 4. The Morgan fingerprint density at radius 2 is 1.81 bits per heavy atom. The number of hydrogen-bond acceptors (Lipinski definition) is 10. The summed E-state index contributed by atoms with van der Waals surface area (Å²) in [6.07, 6.45) is 4.78. The first-order chi connectivity index (χ1) is 20.9. The molecule has 1 aromatic carbocycles. The molecule has 3 saturated heterocycles. The first-order valence-electron chi connectivity index (χ1n) is 14.8. The predicted molar refractivity (Wildman–Crippen MR) is 163 cm³/mol. The van der Waals surface area contributed by atoms with E-state index in [0.29, 0.717) is 39.8 Å². The third-order valence-electron chi connectivity index (χ3n) is 8.81. The van der Waals surface area contributed by atoms with Gasteiger partial charge in [-0.2, -0.15) is 4.98 Å². The number of fused-ring (bicyclic) bond motifs is 4. The summed E-state index contributed by atoms with van der Waals surface area (Å²) in [6, 6.07) is 14.7. The zero-order chi connectivity index (χ0) is 29.6. The maximum atomic E-state index is 12.7. The van der Waals surface area contributed by atoms with E-state index in [1.165, 1.54) is 0 Å². The van der Waals surface area contributed by atoms with Crippen LogP contribution in [0.25, 0.3) is 22.5 Å². The quantitative estimate of drug-likeness (QED) is 0.198. The van der Waals surface area contributed by atoms with Crippen molar-refractivity contribution in [1.82, 2.24) is 34.8 Å². The van der Waals surface area contributed by atoms with Crippen LogP contribution in [-0.4, -0.2) is 66.1 Å². The van der Waals surface area contributed by atoms with Crippen molar-refractivity contribution in [2.45, 2.75) is 50.6 Å². The van der Waals surface area contributed by atoms with Crippen molar-refractivity contribution >= 4 is 28.4 Å². The van der Waals surface area contributed by atoms with E-state index in [1.54, 1.807) is 23.0 Å². The molecule has 2 bridgehead atoms. The molecule has 222 valence electrons. The lowest BCUT2D eigenvalue weighted by Gasteiger charge is -2.46. The molecule has 12 heteroatoms. The first-order valence-corrected chi connectivity index (χ1v) is 14.8. The van der Waals surface area contributed by atoms with E-state index in [1.807, 2.05) is 50.2 Å². The van der Waals surface area contributed by atoms with Gasteiger partial charge in [0, 0.05) is 23.7 Å². The Hall–Kier alpha value is -4.55. The van der Waals surface area contributed by atoms with Crippen molar-refractivity contribution in [3.63, 3.8) is 0 Å². The zero-order valence-corrected chi connectivity index (χ0v) is 24.2. The number of aromatic amines is 1. The summed E-state index contributed by atoms with van der Waals surface area (Å²) in [4.78, 5) is 29.3. The Labute approximate surface area is 248 Å². The number of rotatable bonds is 9. The molecule has 5 aromatic rings. The topological polar surface area (TPSA) is 150 Å². The zero-order valence-electron chi connectivity index (χ0n) is 24.2. The molecule has 4 N–H and O–H groups in total. The lowest BCUT2D eigenvalue weighted by atomic mass is 9.71. The first kappa shape index (κ1) is 27.3. The SMILES string of the molecule is CC(C)n1[nH]c2nc(Nc3cc(NC(CO)c4ccccc4)c(-c4nc(C56CCN(CC5)CC6)no4)cn3)ccc2c1=O. The predicted octanol–water partition coefficient (Wildman–Crippen LogP) is 4.38. The molecule has 0 aliphatic carbocycles. The van der Waals surface area contributed by atoms with Crippen LogP contribution in [0.15, 0.2) is 64.0 Å². The summed E-state index contributed by atoms with van der Waals surface area (Å²) in [5.41, 5.74) is 2.60. The van der Waals surface area contributed by atoms with Gasteiger partial charge in [-0.1, -0.05) is 35.5 Å². The lowest BCUT2D eigenvalue weighted by Crippen LogP contribution is -2.51. The third-order valence-corrected chi connectivity index (χ3v) is 8.81. The van der Waals surface area contributed by atoms with E-state index >= 15 is 0 Å². The fourth-order valence-corrected chi connectivity index (χ4v) is 6.21. The van der Waals surface area contributed by atoms with Crippen molar-refractivity contribution in [3.8, 4) is 11.5 Å². The normalized spacial score (nSPS) is 20.5. The van der Waals surface area contributed by atoms with Gasteiger partial charge in [0.05, 0.1) is 29.3 Å². The fraction of sp³-hybridized carbons (Fsp3) is 0.387. The Bertz CT molecular complexity index is 1790. The van der Waals surface area contributed by atoms with Gasteiger partial charge in [0.25, 0.3) is 11.4 Å². The average molecular weight is 582 g/mol. The van der Waals surface area contributed by atoms with Gasteiger partial charge in [0.15, 0.2) is 11.5 Å². The van der Waals surface area contributed by atoms with Gasteiger partial charge in [-0.3, -0.25) is 9.89 Å². The van der Waals surface area contributed by atoms with E-state index in [-0.39, 0.29) is 29.7 Å². The van der Waals surface area contributed by atoms with Crippen molar-refractivity contribution in [2.75, 3.05) is 36.9 Å². The highest BCUT2D eigenvalue weighted by atomic mass is 16.5. The van der Waals surface area contributed by atoms with Crippen LogP contribution in [0, 0.1) is 0 Å². The molecule has 1 unspecified atom stereocenters. The number of benzene rings is 1. The second-order valence-corrected chi connectivity index (χ2v) is 11.8. The summed E-state index contributed by atoms with van der Waals surface area (Å²) in [5.74, 6) is 2.19. The van der Waals surface area contributed by atoms with Crippen molar-refractivity contribution in [3.05, 3.63) is 76.5 Å². The minimum absolute atomic E-state index is 0.0132. The molecule has 1 atom stereocenters. The summed E-state index contributed by atoms with van der Waals surface area (Å²) in [7, 11) is 0. The molecule has 8 rings (SSSR count). The number of aliphatic hydroxyl groups is 1. The molecular formula is C31H35N9O3. The Balaban J connectivity index is 1.23. The van der Waals surface area contributed by atoms with Gasteiger partial charge in [-0.15, -0.1) is 0 Å². The van der Waals surface area contributed by atoms with E-state index in [4.69, 9.17) is 9.51 Å². The molecule has 12 nitrogen and oxygen atoms in total. The molecule has 3 fully saturated rings. The lowest BCUT2D eigenvalue weighted by molar-refractivity contribution is 0.0747. The largest absolute Gasteiger partial charge is 0.394 e. The van der Waals surface area contributed by atoms with E-state index in [0.717, 1.165) is 50.3 Å². The number of nitrogens with zero attached hydrogens (tertiary/aromatic N) is 6. The van der Waals surface area contributed by atoms with Crippen molar-refractivity contribution in [1.29, 1.82) is 0 Å². The molecule has 3 aliphatic heterocycles. The number of H-pyrrole nitrogens is 1. The van der Waals surface area contributed by atoms with Crippen LogP contribution >= 0.6 is 0 Å². The molecule has 0 spiro atoms. The molecular weight excluding hydrogens is 546 g/mol. The summed E-state index contributed by atoms with van der Waals surface area (Å²) >= 11 is 0. The number of piperidine rings is 3. The third kappa shape index (κ3) is 5.06. The highest BCUT2D eigenvalue weighted by Crippen LogP contribution is 2.42. The second kappa shape index (κ2) is 10.9. The second-order valence-electron chi connectivity index (χ2n) is 11.8. The van der Waals surface area contributed by atoms with Crippen molar-refractivity contribution in [2.24, 2.45) is 0 Å². The highest BCUT2D eigenvalue weighted by Gasteiger charge is 2.44. The van der Waals surface area contributed by atoms with Gasteiger partial charge in [0.1, 0.15) is 11.6 Å². The Kier molecular flexibility index (Phi) is 6.94. The number of nitrogens with one attached hydrogen (secondary N) is 3. The fourth-order valence-electron chi connectivity index (χ4n) is 6.21. The van der Waals surface area contributed by atoms with Crippen LogP contribution in [0.3, 0.4) is 0 Å². The highest BCUT2D eigenvalue weighted by molar-refractivity contribution is 5.78. The van der Waals surface area contributed by atoms with Gasteiger partial charge < -0.3 is 25.2 Å². The molecule has 0 radical (unpaired) electrons. The summed E-state index contributed by atoms with van der Waals surface area (Å²) < 4.78 is 7.42. The van der Waals surface area contributed by atoms with Crippen LogP contribution < -0.4 is 16.2 Å². The van der Waals surface area contributed by atoms with E-state index in [2.05, 4.69) is 35.8 Å². The Morgan fingerprint density at radius 3 is 2.53 bits per heavy atom. The molecule has 0 saturated carbocycles. The Morgan fingerprint density at radius 1 is 1.05 bits per heavy atom. The molecule has 7 heterocycles. The summed E-state index contributed by atoms with van der Waals surface area (Å²) in [5, 5.41) is 25.1. The summed E-state index contributed by atoms with van der Waals surface area (Å²) in [6.45, 7) is 6.93. The van der Waals surface area contributed by atoms with Crippen LogP contribution in [-0.2, 0) is 5.41 Å². The maximum absolute atomic E-state index is 12.7. The van der Waals surface area contributed by atoms with Crippen molar-refractivity contribution < 1.29 is 9.63 Å². The average Bonchev–Trinajstić information content (AvgIpc) is 3.67. The van der Waals surface area contributed by atoms with Crippen LogP contribution in [0.1, 0.15) is 56.6 Å². The van der Waals surface area contributed by atoms with Gasteiger partial charge in [-0.25, -0.2) is 14.6 Å². The van der Waals surface area contributed by atoms with Crippen LogP contribution in [0.5, 0.6) is 0 Å². The number of aromatic nitrogens is 6. The smallest absolute Gasteiger partial charge is 0.276 e. The number of pyridine rings is 2. The van der Waals surface area contributed by atoms with E-state index < -0.39 is 0 Å². The standard InChI is InChI=1S/C31H35N9O3/c1-19(2)40-29(42)21-8-9-25(35-27(21)37-40)34-26-16-23(33-24(18-41)20-6-4-3-5-7-20)22(17-32-26)28-36-30(38-43-28)31-10-13-39(14-11-31)15-12-31/h3-9,16-17,19,24,41H,10-15,18H2,1-2H3,(H3,32,33,34,35,37). The maximum Gasteiger partial charge on any atom is 0.276 e. The number of anilines is 3. The van der Waals surface area contributed by atoms with Gasteiger partial charge in [-0.05, 0) is 70.4 Å².